The van der Waals surface area contributed by atoms with Gasteiger partial charge in [0, 0.05) is 29.8 Å². The molecule has 0 spiro atoms. The van der Waals surface area contributed by atoms with Gasteiger partial charge in [-0.15, -0.1) is 0 Å². The van der Waals surface area contributed by atoms with Crippen molar-refractivity contribution >= 4 is 17.0 Å². The van der Waals surface area contributed by atoms with Gasteiger partial charge in [0.2, 0.25) is 0 Å². The van der Waals surface area contributed by atoms with Crippen molar-refractivity contribution in [3.05, 3.63) is 52.7 Å². The molecule has 3 rings (SSSR count). The molecule has 0 fully saturated rings. The number of carboxylic acid groups (broad SMARTS) is 1. The van der Waals surface area contributed by atoms with Gasteiger partial charge in [-0.1, -0.05) is 24.0 Å². The van der Waals surface area contributed by atoms with Crippen molar-refractivity contribution in [1.82, 2.24) is 14.2 Å². The molecule has 2 aromatic rings. The fourth-order valence-electron chi connectivity index (χ4n) is 3.84. The fourth-order valence-corrected chi connectivity index (χ4v) is 5.24. The number of benzene rings is 1. The summed E-state index contributed by atoms with van der Waals surface area (Å²) >= 11 is 0. The van der Waals surface area contributed by atoms with Crippen LogP contribution in [0.2, 0.25) is 0 Å². The predicted molar refractivity (Wildman–Crippen MR) is 130 cm³/mol. The number of rotatable bonds is 6. The highest BCUT2D eigenvalue weighted by Gasteiger charge is 2.40. The summed E-state index contributed by atoms with van der Waals surface area (Å²) in [6.45, 7) is 6.58. The number of hydrogen-bond acceptors (Lipinski definition) is 5. The minimum Gasteiger partial charge on any atom is -0.477 e. The van der Waals surface area contributed by atoms with Crippen molar-refractivity contribution in [2.24, 2.45) is 0 Å². The summed E-state index contributed by atoms with van der Waals surface area (Å²) < 4.78 is 14.7. The molecule has 0 saturated carbocycles. The Bertz CT molecular complexity index is 1130. The minimum absolute atomic E-state index is 0.0565. The van der Waals surface area contributed by atoms with E-state index in [1.54, 1.807) is 6.07 Å². The van der Waals surface area contributed by atoms with Gasteiger partial charge in [0.1, 0.15) is 16.7 Å². The lowest BCUT2D eigenvalue weighted by atomic mass is 9.95. The van der Waals surface area contributed by atoms with Crippen LogP contribution in [0, 0.1) is 11.8 Å². The lowest BCUT2D eigenvalue weighted by Gasteiger charge is -2.30. The van der Waals surface area contributed by atoms with E-state index in [1.165, 1.54) is 0 Å². The van der Waals surface area contributed by atoms with Gasteiger partial charge < -0.3 is 10.2 Å². The van der Waals surface area contributed by atoms with Gasteiger partial charge in [-0.25, -0.2) is 18.3 Å². The van der Waals surface area contributed by atoms with E-state index in [-0.39, 0.29) is 18.3 Å². The molecule has 8 heteroatoms. The molecule has 0 amide bonds. The maximum atomic E-state index is 13.3. The van der Waals surface area contributed by atoms with E-state index < -0.39 is 21.7 Å². The highest BCUT2D eigenvalue weighted by Crippen LogP contribution is 2.43. The molecule has 1 aromatic carbocycles. The van der Waals surface area contributed by atoms with Crippen molar-refractivity contribution in [3.8, 4) is 23.1 Å². The average molecular weight is 470 g/mol. The molecule has 2 N–H and O–H groups in total. The van der Waals surface area contributed by atoms with Crippen LogP contribution in [0.15, 0.2) is 30.3 Å². The number of fused-ring (bicyclic) bond motifs is 1. The summed E-state index contributed by atoms with van der Waals surface area (Å²) in [4.78, 5) is 18.3. The smallest absolute Gasteiger partial charge is 0.354 e. The molecule has 0 aliphatic carbocycles. The predicted octanol–water partition coefficient (Wildman–Crippen LogP) is 3.06. The normalized spacial score (nSPS) is 16.9. The summed E-state index contributed by atoms with van der Waals surface area (Å²) in [5, 5.41) is 19.5. The summed E-state index contributed by atoms with van der Waals surface area (Å²) in [5.74, 6) is 5.13. The first kappa shape index (κ1) is 25.1. The van der Waals surface area contributed by atoms with Crippen LogP contribution in [0.3, 0.4) is 0 Å². The molecule has 7 nitrogen and oxygen atoms in total. The van der Waals surface area contributed by atoms with Crippen LogP contribution < -0.4 is 0 Å². The van der Waals surface area contributed by atoms with Crippen molar-refractivity contribution in [3.63, 3.8) is 0 Å². The van der Waals surface area contributed by atoms with Crippen molar-refractivity contribution in [1.29, 1.82) is 0 Å². The number of nitrogens with zero attached hydrogens (tertiary/aromatic N) is 3. The Kier molecular flexibility index (Phi) is 7.70. The van der Waals surface area contributed by atoms with E-state index in [1.807, 2.05) is 68.3 Å². The topological polar surface area (TPSA) is 94.0 Å². The summed E-state index contributed by atoms with van der Waals surface area (Å²) in [6, 6.07) is 8.78. The number of hydrogen-bond donors (Lipinski definition) is 2. The maximum Gasteiger partial charge on any atom is 0.354 e. The van der Waals surface area contributed by atoms with Crippen LogP contribution in [0.25, 0.3) is 11.3 Å². The van der Waals surface area contributed by atoms with Crippen molar-refractivity contribution in [2.45, 2.75) is 44.5 Å². The zero-order valence-electron chi connectivity index (χ0n) is 19.8. The third kappa shape index (κ3) is 5.68. The van der Waals surface area contributed by atoms with E-state index >= 15 is 0 Å². The second-order valence-corrected chi connectivity index (χ2v) is 11.5. The van der Waals surface area contributed by atoms with Crippen LogP contribution in [0.4, 0.5) is 0 Å². The molecule has 0 bridgehead atoms. The molecular weight excluding hydrogens is 438 g/mol. The Hall–Kier alpha value is -2.57. The van der Waals surface area contributed by atoms with Crippen LogP contribution in [0.5, 0.6) is 0 Å². The van der Waals surface area contributed by atoms with Crippen LogP contribution in [-0.2, 0) is 17.5 Å². The Morgan fingerprint density at radius 2 is 2.03 bits per heavy atom. The molecule has 33 heavy (non-hydrogen) atoms. The van der Waals surface area contributed by atoms with Crippen LogP contribution in [-0.4, -0.2) is 66.6 Å². The van der Waals surface area contributed by atoms with Crippen molar-refractivity contribution < 1.29 is 19.2 Å². The van der Waals surface area contributed by atoms with Gasteiger partial charge in [-0.05, 0) is 65.0 Å². The molecule has 2 atom stereocenters. The second kappa shape index (κ2) is 10.1. The number of aliphatic hydroxyl groups excluding tert-OH is 1. The molecule has 1 aliphatic rings. The fraction of sp³-hybridized carbons (Fsp3) is 0.440. The number of aliphatic hydroxyl groups is 1. The van der Waals surface area contributed by atoms with E-state index in [0.717, 1.165) is 22.3 Å². The number of aromatic nitrogens is 1. The largest absolute Gasteiger partial charge is 0.477 e. The Morgan fingerprint density at radius 3 is 2.64 bits per heavy atom. The maximum absolute atomic E-state index is 13.3. The first-order valence-corrected chi connectivity index (χ1v) is 11.9. The highest BCUT2D eigenvalue weighted by molar-refractivity contribution is 7.84. The first-order chi connectivity index (χ1) is 15.5. The number of pyridine rings is 1. The van der Waals surface area contributed by atoms with Gasteiger partial charge in [-0.3, -0.25) is 4.90 Å². The van der Waals surface area contributed by atoms with Gasteiger partial charge in [0.25, 0.3) is 0 Å². The standard InChI is InChI=1S/C25H31N3O4S/c1-25(2,3)33(32)28-16-19-15-20(24(30)31)26-23(22(19)21(28)11-13-29)18-10-6-8-17(14-18)9-7-12-27(4)5/h6,8,10,14-15,21,29H,11-13,16H2,1-5H3,(H,30,31). The van der Waals surface area contributed by atoms with E-state index in [0.29, 0.717) is 25.2 Å². The monoisotopic (exact) mass is 469 g/mol. The number of carbonyl (C=O) groups is 1. The zero-order valence-corrected chi connectivity index (χ0v) is 20.6. The third-order valence-electron chi connectivity index (χ3n) is 5.27. The molecular formula is C25H31N3O4S. The van der Waals surface area contributed by atoms with Crippen LogP contribution >= 0.6 is 0 Å². The zero-order chi connectivity index (χ0) is 24.3. The van der Waals surface area contributed by atoms with Crippen LogP contribution in [0.1, 0.15) is 60.4 Å². The molecule has 1 aliphatic heterocycles. The van der Waals surface area contributed by atoms with Gasteiger partial charge >= 0.3 is 5.97 Å². The average Bonchev–Trinajstić information content (AvgIpc) is 3.10. The molecule has 0 radical (unpaired) electrons. The lowest BCUT2D eigenvalue weighted by molar-refractivity contribution is 0.0690. The Labute approximate surface area is 198 Å². The van der Waals surface area contributed by atoms with Gasteiger partial charge in [-0.2, -0.15) is 0 Å². The second-order valence-electron chi connectivity index (χ2n) is 9.32. The number of aromatic carboxylic acids is 1. The Balaban J connectivity index is 2.16. The molecule has 176 valence electrons. The molecule has 1 aromatic heterocycles. The Morgan fingerprint density at radius 1 is 1.30 bits per heavy atom. The van der Waals surface area contributed by atoms with Gasteiger partial charge in [0.15, 0.2) is 0 Å². The molecule has 0 saturated heterocycles. The van der Waals surface area contributed by atoms with E-state index in [2.05, 4.69) is 16.8 Å². The molecule has 2 unspecified atom stereocenters. The summed E-state index contributed by atoms with van der Waals surface area (Å²) in [7, 11) is 2.55. The lowest BCUT2D eigenvalue weighted by Crippen LogP contribution is -2.36. The first-order valence-electron chi connectivity index (χ1n) is 10.8. The quantitative estimate of drug-likeness (QED) is 0.632. The third-order valence-corrected chi connectivity index (χ3v) is 7.13. The van der Waals surface area contributed by atoms with E-state index in [4.69, 9.17) is 0 Å². The SMILES string of the molecule is CN(C)CC#Cc1cccc(-c2nc(C(=O)O)cc3c2C(CCO)N(S(=O)C(C)(C)C)C3)c1. The summed E-state index contributed by atoms with van der Waals surface area (Å²) in [5.41, 5.74) is 3.63. The highest BCUT2D eigenvalue weighted by atomic mass is 32.2. The molecule has 2 heterocycles. The van der Waals surface area contributed by atoms with E-state index in [9.17, 15) is 19.2 Å². The number of carboxylic acids is 1. The minimum atomic E-state index is -1.35. The van der Waals surface area contributed by atoms with Gasteiger partial charge in [0.05, 0.1) is 23.0 Å². The summed E-state index contributed by atoms with van der Waals surface area (Å²) in [6.07, 6.45) is 0.373. The van der Waals surface area contributed by atoms with Crippen molar-refractivity contribution in [2.75, 3.05) is 27.2 Å².